The molecule has 2 aromatic heterocycles. The van der Waals surface area contributed by atoms with E-state index in [1.165, 1.54) is 25.2 Å². The Labute approximate surface area is 236 Å². The normalized spacial score (nSPS) is 19.9. The van der Waals surface area contributed by atoms with Crippen LogP contribution in [-0.2, 0) is 10.0 Å². The van der Waals surface area contributed by atoms with E-state index in [-0.39, 0.29) is 31.7 Å². The Hall–Kier alpha value is -3.52. The summed E-state index contributed by atoms with van der Waals surface area (Å²) in [5, 5.41) is 12.0. The lowest BCUT2D eigenvalue weighted by molar-refractivity contribution is -0.0221. The van der Waals surface area contributed by atoms with Crippen LogP contribution >= 0.6 is 0 Å². The molecule has 4 N–H and O–H groups in total. The zero-order chi connectivity index (χ0) is 28.8. The molecule has 1 spiro atoms. The number of carbonyl (C=O) groups is 1. The van der Waals surface area contributed by atoms with Gasteiger partial charge >= 0.3 is 0 Å². The number of benzene rings is 1. The highest BCUT2D eigenvalue weighted by atomic mass is 32.2. The zero-order valence-corrected chi connectivity index (χ0v) is 23.3. The average molecular weight is 590 g/mol. The highest BCUT2D eigenvalue weighted by molar-refractivity contribution is 7.92. The minimum atomic E-state index is -3.75. The van der Waals surface area contributed by atoms with Gasteiger partial charge in [-0.3, -0.25) is 9.52 Å². The van der Waals surface area contributed by atoms with Crippen molar-refractivity contribution in [3.8, 4) is 0 Å². The molecule has 0 unspecified atom stereocenters. The second-order valence-electron chi connectivity index (χ2n) is 11.3. The summed E-state index contributed by atoms with van der Waals surface area (Å²) >= 11 is 0. The second kappa shape index (κ2) is 10.4. The topological polar surface area (TPSA) is 144 Å². The SMILES string of the molecule is O=C(Nc1cc2[nH]cnc2c(N2CCC(F)(F)CC2)n1)c1ccc(NS(=O)(=O)CCO)cc1N1CCC2(CC1)CC2. The molecule has 3 aliphatic rings. The second-order valence-corrected chi connectivity index (χ2v) is 13.1. The van der Waals surface area contributed by atoms with Crippen LogP contribution in [-0.4, -0.2) is 78.8 Å². The molecule has 3 fully saturated rings. The molecule has 0 radical (unpaired) electrons. The van der Waals surface area contributed by atoms with Crippen LogP contribution < -0.4 is 19.8 Å². The van der Waals surface area contributed by atoms with Crippen LogP contribution in [0, 0.1) is 5.41 Å². The number of nitrogens with zero attached hydrogens (tertiary/aromatic N) is 4. The average Bonchev–Trinajstić information content (AvgIpc) is 3.50. The summed E-state index contributed by atoms with van der Waals surface area (Å²) in [5.41, 5.74) is 2.81. The van der Waals surface area contributed by atoms with Crippen molar-refractivity contribution in [3.63, 3.8) is 0 Å². The molecule has 41 heavy (non-hydrogen) atoms. The molecule has 2 aliphatic heterocycles. The molecule has 11 nitrogen and oxygen atoms in total. The fourth-order valence-electron chi connectivity index (χ4n) is 5.74. The Morgan fingerprint density at radius 2 is 1.73 bits per heavy atom. The number of amides is 1. The van der Waals surface area contributed by atoms with Crippen molar-refractivity contribution in [1.29, 1.82) is 0 Å². The van der Waals surface area contributed by atoms with E-state index < -0.39 is 34.2 Å². The van der Waals surface area contributed by atoms with Gasteiger partial charge in [-0.1, -0.05) is 0 Å². The summed E-state index contributed by atoms with van der Waals surface area (Å²) in [4.78, 5) is 29.5. The van der Waals surface area contributed by atoms with Crippen molar-refractivity contribution in [2.75, 3.05) is 58.4 Å². The number of aromatic amines is 1. The fourth-order valence-corrected chi connectivity index (χ4v) is 6.57. The molecule has 1 aromatic carbocycles. The number of carbonyl (C=O) groups excluding carboxylic acids is 1. The number of aromatic nitrogens is 3. The molecule has 0 atom stereocenters. The smallest absolute Gasteiger partial charge is 0.258 e. The Morgan fingerprint density at radius 3 is 2.41 bits per heavy atom. The molecule has 6 rings (SSSR count). The quantitative estimate of drug-likeness (QED) is 0.312. The van der Waals surface area contributed by atoms with Crippen molar-refractivity contribution in [1.82, 2.24) is 15.0 Å². The first-order valence-electron chi connectivity index (χ1n) is 13.8. The summed E-state index contributed by atoms with van der Waals surface area (Å²) in [6.45, 7) is 1.22. The Morgan fingerprint density at radius 1 is 1.02 bits per heavy atom. The van der Waals surface area contributed by atoms with E-state index in [1.807, 2.05) is 0 Å². The van der Waals surface area contributed by atoms with E-state index in [1.54, 1.807) is 23.1 Å². The number of hydrogen-bond acceptors (Lipinski definition) is 8. The Balaban J connectivity index is 1.29. The summed E-state index contributed by atoms with van der Waals surface area (Å²) in [6.07, 6.45) is 5.37. The predicted octanol–water partition coefficient (Wildman–Crippen LogP) is 3.56. The van der Waals surface area contributed by atoms with E-state index in [0.717, 1.165) is 25.9 Å². The molecule has 1 aliphatic carbocycles. The monoisotopic (exact) mass is 589 g/mol. The molecule has 1 saturated carbocycles. The highest BCUT2D eigenvalue weighted by Gasteiger charge is 2.44. The first-order valence-corrected chi connectivity index (χ1v) is 15.5. The third-order valence-corrected chi connectivity index (χ3v) is 9.69. The number of aliphatic hydroxyl groups is 1. The minimum Gasteiger partial charge on any atom is -0.395 e. The lowest BCUT2D eigenvalue weighted by Gasteiger charge is -2.35. The molecule has 0 bridgehead atoms. The number of alkyl halides is 2. The number of aliphatic hydroxyl groups excluding tert-OH is 1. The number of rotatable bonds is 8. The molecular formula is C27H33F2N7O4S. The lowest BCUT2D eigenvalue weighted by atomic mass is 9.93. The van der Waals surface area contributed by atoms with Gasteiger partial charge in [0.15, 0.2) is 5.82 Å². The number of nitrogens with one attached hydrogen (secondary N) is 3. The van der Waals surface area contributed by atoms with Gasteiger partial charge in [-0.05, 0) is 49.3 Å². The van der Waals surface area contributed by atoms with Gasteiger partial charge in [0.1, 0.15) is 11.3 Å². The number of fused-ring (bicyclic) bond motifs is 1. The molecule has 2 saturated heterocycles. The minimum absolute atomic E-state index is 0.119. The van der Waals surface area contributed by atoms with E-state index in [4.69, 9.17) is 5.11 Å². The van der Waals surface area contributed by atoms with Crippen LogP contribution in [0.25, 0.3) is 11.0 Å². The Bertz CT molecular complexity index is 1550. The van der Waals surface area contributed by atoms with E-state index >= 15 is 0 Å². The van der Waals surface area contributed by atoms with Gasteiger partial charge < -0.3 is 25.2 Å². The number of halogens is 2. The number of anilines is 4. The molecule has 4 heterocycles. The molecular weight excluding hydrogens is 556 g/mol. The third kappa shape index (κ3) is 5.94. The van der Waals surface area contributed by atoms with Gasteiger partial charge in [-0.15, -0.1) is 0 Å². The maximum absolute atomic E-state index is 13.8. The van der Waals surface area contributed by atoms with Crippen LogP contribution in [0.1, 0.15) is 48.9 Å². The first-order chi connectivity index (χ1) is 19.6. The van der Waals surface area contributed by atoms with Crippen LogP contribution in [0.15, 0.2) is 30.6 Å². The molecule has 14 heteroatoms. The Kier molecular flexibility index (Phi) is 7.00. The third-order valence-electron chi connectivity index (χ3n) is 8.42. The standard InChI is InChI=1S/C27H33F2N7O4S/c28-27(29)7-11-36(12-8-27)24-23-20(30-17-31-23)16-22(32-24)33-25(38)19-2-1-18(34-41(39,40)14-13-37)15-21(19)35-9-5-26(3-4-26)6-10-35/h1-2,15-17,34,37H,3-14H2,(H,30,31)(H,32,33,38). The predicted molar refractivity (Wildman–Crippen MR) is 152 cm³/mol. The van der Waals surface area contributed by atoms with Crippen LogP contribution in [0.2, 0.25) is 0 Å². The molecule has 3 aromatic rings. The zero-order valence-electron chi connectivity index (χ0n) is 22.5. The number of imidazole rings is 1. The van der Waals surface area contributed by atoms with E-state index in [0.29, 0.717) is 39.2 Å². The van der Waals surface area contributed by atoms with Crippen molar-refractivity contribution in [2.24, 2.45) is 5.41 Å². The number of sulfonamides is 1. The van der Waals surface area contributed by atoms with Gasteiger partial charge in [0.05, 0.1) is 41.1 Å². The fraction of sp³-hybridized carbons (Fsp3) is 0.519. The van der Waals surface area contributed by atoms with Crippen LogP contribution in [0.5, 0.6) is 0 Å². The van der Waals surface area contributed by atoms with Gasteiger partial charge in [-0.25, -0.2) is 27.2 Å². The van der Waals surface area contributed by atoms with Gasteiger partial charge in [-0.2, -0.15) is 0 Å². The van der Waals surface area contributed by atoms with Gasteiger partial charge in [0, 0.05) is 45.1 Å². The summed E-state index contributed by atoms with van der Waals surface area (Å²) in [6, 6.07) is 6.40. The summed E-state index contributed by atoms with van der Waals surface area (Å²) < 4.78 is 54.7. The lowest BCUT2D eigenvalue weighted by Crippen LogP contribution is -2.40. The van der Waals surface area contributed by atoms with E-state index in [2.05, 4.69) is 29.9 Å². The molecule has 220 valence electrons. The maximum Gasteiger partial charge on any atom is 0.258 e. The van der Waals surface area contributed by atoms with Crippen LogP contribution in [0.4, 0.5) is 31.8 Å². The summed E-state index contributed by atoms with van der Waals surface area (Å²) in [7, 11) is -3.75. The number of H-pyrrole nitrogens is 1. The van der Waals surface area contributed by atoms with Gasteiger partial charge in [0.25, 0.3) is 11.8 Å². The van der Waals surface area contributed by atoms with Crippen molar-refractivity contribution >= 4 is 50.0 Å². The summed E-state index contributed by atoms with van der Waals surface area (Å²) in [5.74, 6) is -2.91. The van der Waals surface area contributed by atoms with Crippen molar-refractivity contribution < 1.29 is 27.1 Å². The number of hydrogen-bond donors (Lipinski definition) is 4. The van der Waals surface area contributed by atoms with Crippen molar-refractivity contribution in [3.05, 3.63) is 36.2 Å². The van der Waals surface area contributed by atoms with E-state index in [9.17, 15) is 22.0 Å². The maximum atomic E-state index is 13.8. The van der Waals surface area contributed by atoms with Crippen molar-refractivity contribution in [2.45, 2.75) is 44.4 Å². The largest absolute Gasteiger partial charge is 0.395 e. The highest BCUT2D eigenvalue weighted by Crippen LogP contribution is 2.54. The number of piperidine rings is 2. The number of pyridine rings is 1. The first kappa shape index (κ1) is 27.6. The molecule has 1 amide bonds. The van der Waals surface area contributed by atoms with Crippen LogP contribution in [0.3, 0.4) is 0 Å². The van der Waals surface area contributed by atoms with Gasteiger partial charge in [0.2, 0.25) is 10.0 Å².